The van der Waals surface area contributed by atoms with Gasteiger partial charge in [-0.15, -0.1) is 0 Å². The molecule has 22 heavy (non-hydrogen) atoms. The molecule has 0 aliphatic carbocycles. The van der Waals surface area contributed by atoms with Crippen LogP contribution in [-0.2, 0) is 0 Å². The molecule has 0 saturated heterocycles. The molecular weight excluding hydrogens is 414 g/mol. The van der Waals surface area contributed by atoms with E-state index in [1.807, 2.05) is 36.4 Å². The van der Waals surface area contributed by atoms with Crippen molar-refractivity contribution in [2.75, 3.05) is 14.2 Å². The molecule has 0 aliphatic rings. The van der Waals surface area contributed by atoms with E-state index in [1.54, 1.807) is 14.2 Å². The molecule has 0 amide bonds. The van der Waals surface area contributed by atoms with E-state index in [9.17, 15) is 17.3 Å². The summed E-state index contributed by atoms with van der Waals surface area (Å²) in [4.78, 5) is 0. The normalized spacial score (nSPS) is 10.5. The van der Waals surface area contributed by atoms with Gasteiger partial charge in [0.05, 0.1) is 14.2 Å². The first kappa shape index (κ1) is 18.6. The van der Waals surface area contributed by atoms with Gasteiger partial charge in [-0.25, -0.2) is 0 Å². The molecule has 8 heteroatoms. The summed E-state index contributed by atoms with van der Waals surface area (Å²) in [6.45, 7) is 0. The minimum Gasteiger partial charge on any atom is -0.492 e. The molecule has 0 heterocycles. The molecular formula is C14H14BF4IO2. The smallest absolute Gasteiger partial charge is 0.492 e. The van der Waals surface area contributed by atoms with E-state index in [2.05, 4.69) is 12.1 Å². The molecule has 0 atom stereocenters. The van der Waals surface area contributed by atoms with E-state index in [4.69, 9.17) is 9.47 Å². The first-order chi connectivity index (χ1) is 10.3. The topological polar surface area (TPSA) is 18.5 Å². The van der Waals surface area contributed by atoms with Crippen LogP contribution in [0.2, 0.25) is 0 Å². The van der Waals surface area contributed by atoms with Crippen LogP contribution in [0, 0.1) is 7.14 Å². The Labute approximate surface area is 136 Å². The van der Waals surface area contributed by atoms with Gasteiger partial charge in [-0.2, -0.15) is 0 Å². The molecule has 0 fully saturated rings. The summed E-state index contributed by atoms with van der Waals surface area (Å²) in [5.41, 5.74) is 0. The minimum atomic E-state index is -6.00. The molecule has 0 spiro atoms. The Morgan fingerprint density at radius 1 is 0.727 bits per heavy atom. The third-order valence-electron chi connectivity index (χ3n) is 2.32. The molecule has 0 aliphatic heterocycles. The number of halogens is 5. The lowest BCUT2D eigenvalue weighted by atomic mass is 10.3. The summed E-state index contributed by atoms with van der Waals surface area (Å²) in [5, 5.41) is 0. The molecule has 0 aromatic heterocycles. The van der Waals surface area contributed by atoms with Gasteiger partial charge in [0, 0.05) is 0 Å². The quantitative estimate of drug-likeness (QED) is 0.414. The second-order valence-corrected chi connectivity index (χ2v) is 6.72. The summed E-state index contributed by atoms with van der Waals surface area (Å²) in [5.74, 6) is 1.93. The third-order valence-corrected chi connectivity index (χ3v) is 5.26. The Morgan fingerprint density at radius 3 is 1.36 bits per heavy atom. The van der Waals surface area contributed by atoms with Crippen molar-refractivity contribution in [1.29, 1.82) is 0 Å². The van der Waals surface area contributed by atoms with Crippen molar-refractivity contribution in [3.63, 3.8) is 0 Å². The fourth-order valence-electron chi connectivity index (χ4n) is 1.49. The van der Waals surface area contributed by atoms with Crippen molar-refractivity contribution in [3.05, 3.63) is 55.7 Å². The van der Waals surface area contributed by atoms with Gasteiger partial charge in [0.25, 0.3) is 0 Å². The Hall–Kier alpha value is -1.45. The van der Waals surface area contributed by atoms with Crippen LogP contribution in [0.25, 0.3) is 0 Å². The molecule has 0 unspecified atom stereocenters. The maximum Gasteiger partial charge on any atom is 0.673 e. The highest BCUT2D eigenvalue weighted by atomic mass is 127. The van der Waals surface area contributed by atoms with Gasteiger partial charge < -0.3 is 26.7 Å². The van der Waals surface area contributed by atoms with Crippen LogP contribution in [-0.4, -0.2) is 21.5 Å². The fourth-order valence-corrected chi connectivity index (χ4v) is 4.22. The van der Waals surface area contributed by atoms with Crippen LogP contribution in [0.4, 0.5) is 17.3 Å². The Kier molecular flexibility index (Phi) is 7.50. The standard InChI is InChI=1S/C14H14IO2.BF4/c1-16-13-9-5-3-7-11(13)15-12-8-4-6-10-14(12)17-2;2-1(3,4)5/h3-10H,1-2H3;/q+1;-1. The van der Waals surface area contributed by atoms with Gasteiger partial charge >= 0.3 is 28.5 Å². The maximum atomic E-state index is 9.75. The third kappa shape index (κ3) is 7.01. The summed E-state index contributed by atoms with van der Waals surface area (Å²) >= 11 is -0.277. The lowest BCUT2D eigenvalue weighted by Crippen LogP contribution is -3.61. The first-order valence-electron chi connectivity index (χ1n) is 6.13. The molecule has 2 aromatic carbocycles. The first-order valence-corrected chi connectivity index (χ1v) is 8.29. The number of methoxy groups -OCH3 is 2. The van der Waals surface area contributed by atoms with E-state index >= 15 is 0 Å². The largest absolute Gasteiger partial charge is 0.673 e. The molecule has 0 bridgehead atoms. The van der Waals surface area contributed by atoms with E-state index in [0.717, 1.165) is 11.5 Å². The molecule has 120 valence electrons. The second-order valence-electron chi connectivity index (χ2n) is 3.86. The molecule has 0 N–H and O–H groups in total. The molecule has 0 saturated carbocycles. The van der Waals surface area contributed by atoms with Crippen LogP contribution in [0.3, 0.4) is 0 Å². The minimum absolute atomic E-state index is 0.277. The van der Waals surface area contributed by atoms with Gasteiger partial charge in [-0.05, 0) is 24.3 Å². The predicted molar refractivity (Wildman–Crippen MR) is 73.6 cm³/mol. The van der Waals surface area contributed by atoms with Crippen molar-refractivity contribution in [1.82, 2.24) is 0 Å². The second kappa shape index (κ2) is 8.87. The summed E-state index contributed by atoms with van der Waals surface area (Å²) in [6.07, 6.45) is 0. The predicted octanol–water partition coefficient (Wildman–Crippen LogP) is 1.13. The average molecular weight is 428 g/mol. The van der Waals surface area contributed by atoms with E-state index < -0.39 is 7.25 Å². The highest BCUT2D eigenvalue weighted by Crippen LogP contribution is 2.10. The zero-order chi connectivity index (χ0) is 16.6. The number of benzene rings is 2. The highest BCUT2D eigenvalue weighted by molar-refractivity contribution is 6.50. The maximum absolute atomic E-state index is 9.75. The van der Waals surface area contributed by atoms with E-state index in [1.165, 1.54) is 7.14 Å². The fraction of sp³-hybridized carbons (Fsp3) is 0.143. The lowest BCUT2D eigenvalue weighted by Gasteiger charge is -2.00. The van der Waals surface area contributed by atoms with Crippen molar-refractivity contribution < 1.29 is 47.9 Å². The van der Waals surface area contributed by atoms with Crippen molar-refractivity contribution >= 4 is 7.25 Å². The van der Waals surface area contributed by atoms with Crippen molar-refractivity contribution in [3.8, 4) is 11.5 Å². The van der Waals surface area contributed by atoms with E-state index in [0.29, 0.717) is 0 Å². The zero-order valence-electron chi connectivity index (χ0n) is 11.9. The highest BCUT2D eigenvalue weighted by Gasteiger charge is 2.23. The molecule has 0 radical (unpaired) electrons. The Bertz CT molecular complexity index is 542. The summed E-state index contributed by atoms with van der Waals surface area (Å²) < 4.78 is 52.3. The van der Waals surface area contributed by atoms with Crippen LogP contribution >= 0.6 is 0 Å². The summed E-state index contributed by atoms with van der Waals surface area (Å²) in [6, 6.07) is 16.3. The van der Waals surface area contributed by atoms with Gasteiger partial charge in [0.15, 0.2) is 11.5 Å². The number of hydrogen-bond donors (Lipinski definition) is 0. The zero-order valence-corrected chi connectivity index (χ0v) is 14.1. The van der Waals surface area contributed by atoms with Crippen LogP contribution in [0.1, 0.15) is 0 Å². The van der Waals surface area contributed by atoms with Gasteiger partial charge in [-0.1, -0.05) is 24.3 Å². The number of hydrogen-bond acceptors (Lipinski definition) is 2. The average Bonchev–Trinajstić information content (AvgIpc) is 2.46. The van der Waals surface area contributed by atoms with Crippen LogP contribution in [0.15, 0.2) is 48.5 Å². The van der Waals surface area contributed by atoms with Gasteiger partial charge in [0.2, 0.25) is 7.14 Å². The lowest BCUT2D eigenvalue weighted by molar-refractivity contribution is -0.598. The van der Waals surface area contributed by atoms with Crippen molar-refractivity contribution in [2.45, 2.75) is 0 Å². The van der Waals surface area contributed by atoms with Crippen LogP contribution in [0.5, 0.6) is 11.5 Å². The molecule has 2 rings (SSSR count). The SMILES string of the molecule is COc1ccccc1[I+]c1ccccc1OC.F[B-](F)(F)F. The summed E-state index contributed by atoms with van der Waals surface area (Å²) in [7, 11) is -2.57. The Morgan fingerprint density at radius 2 is 1.05 bits per heavy atom. The number of rotatable bonds is 4. The molecule has 2 aromatic rings. The van der Waals surface area contributed by atoms with Crippen molar-refractivity contribution in [2.24, 2.45) is 0 Å². The number of para-hydroxylation sites is 2. The van der Waals surface area contributed by atoms with Gasteiger partial charge in [-0.3, -0.25) is 0 Å². The Balaban J connectivity index is 0.000000422. The number of ether oxygens (including phenoxy) is 2. The monoisotopic (exact) mass is 428 g/mol. The van der Waals surface area contributed by atoms with E-state index in [-0.39, 0.29) is 21.2 Å². The molecule has 2 nitrogen and oxygen atoms in total. The van der Waals surface area contributed by atoms with Gasteiger partial charge in [0.1, 0.15) is 0 Å². The van der Waals surface area contributed by atoms with Crippen LogP contribution < -0.4 is 30.7 Å².